The van der Waals surface area contributed by atoms with Gasteiger partial charge in [0.15, 0.2) is 5.94 Å². The van der Waals surface area contributed by atoms with Crippen molar-refractivity contribution >= 4 is 15.8 Å². The van der Waals surface area contributed by atoms with E-state index in [-0.39, 0.29) is 4.90 Å². The molecule has 0 aliphatic rings. The maximum Gasteiger partial charge on any atom is 0.338 e. The maximum atomic E-state index is 13.0. The van der Waals surface area contributed by atoms with Crippen molar-refractivity contribution < 1.29 is 27.4 Å². The van der Waals surface area contributed by atoms with E-state index in [0.29, 0.717) is 0 Å². The summed E-state index contributed by atoms with van der Waals surface area (Å²) in [5.41, 5.74) is -0.683. The Morgan fingerprint density at radius 2 is 2.12 bits per heavy atom. The third-order valence-corrected chi connectivity index (χ3v) is 3.32. The number of benzene rings is 1. The van der Waals surface area contributed by atoms with E-state index in [0.717, 1.165) is 18.2 Å². The van der Waals surface area contributed by atoms with Gasteiger partial charge in [-0.2, -0.15) is 0 Å². The highest BCUT2D eigenvalue weighted by Gasteiger charge is 2.18. The summed E-state index contributed by atoms with van der Waals surface area (Å²) in [5.74, 6) is -3.09. The zero-order valence-corrected chi connectivity index (χ0v) is 9.12. The summed E-state index contributed by atoms with van der Waals surface area (Å²) in [6, 6.07) is 2.56. The molecule has 0 aliphatic carbocycles. The van der Waals surface area contributed by atoms with Crippen LogP contribution in [0, 0.1) is 5.82 Å². The van der Waals surface area contributed by atoms with Gasteiger partial charge in [-0.25, -0.2) is 17.6 Å². The van der Waals surface area contributed by atoms with E-state index in [4.69, 9.17) is 5.11 Å². The van der Waals surface area contributed by atoms with Crippen molar-refractivity contribution in [2.45, 2.75) is 4.90 Å². The molecule has 1 rings (SSSR count). The topological polar surface area (TPSA) is 80.7 Å². The summed E-state index contributed by atoms with van der Waals surface area (Å²) in [6.07, 6.45) is 0. The lowest BCUT2D eigenvalue weighted by molar-refractivity contribution is 0.0691. The van der Waals surface area contributed by atoms with Gasteiger partial charge in [-0.15, -0.1) is 0 Å². The predicted molar refractivity (Wildman–Crippen MR) is 52.4 cm³/mol. The number of sulfone groups is 1. The number of hydrogen-bond donors (Lipinski definition) is 1. The minimum Gasteiger partial charge on any atom is -0.478 e. The lowest BCUT2D eigenvalue weighted by Crippen LogP contribution is -2.10. The second kappa shape index (κ2) is 4.58. The molecule has 1 N–H and O–H groups in total. The summed E-state index contributed by atoms with van der Waals surface area (Å²) in [5, 5.41) is 8.62. The second-order valence-electron chi connectivity index (χ2n) is 2.97. The summed E-state index contributed by atoms with van der Waals surface area (Å²) in [4.78, 5) is 10.3. The first kappa shape index (κ1) is 12.6. The molecule has 0 aliphatic heterocycles. The highest BCUT2D eigenvalue weighted by atomic mass is 32.2. The SMILES string of the molecule is COCS(=O)(=O)c1ccc(F)c(C(=O)O)c1. The summed E-state index contributed by atoms with van der Waals surface area (Å²) >= 11 is 0. The Kier molecular flexibility index (Phi) is 3.61. The van der Waals surface area contributed by atoms with Gasteiger partial charge in [-0.3, -0.25) is 0 Å². The number of hydrogen-bond acceptors (Lipinski definition) is 4. The summed E-state index contributed by atoms with van der Waals surface area (Å²) in [7, 11) is -2.54. The Labute approximate surface area is 91.4 Å². The average Bonchev–Trinajstić information content (AvgIpc) is 2.17. The fourth-order valence-electron chi connectivity index (χ4n) is 1.08. The van der Waals surface area contributed by atoms with Crippen LogP contribution in [0.2, 0.25) is 0 Å². The molecule has 0 saturated carbocycles. The van der Waals surface area contributed by atoms with E-state index in [9.17, 15) is 17.6 Å². The van der Waals surface area contributed by atoms with Gasteiger partial charge in [0.2, 0.25) is 9.84 Å². The molecule has 0 atom stereocenters. The molecule has 0 amide bonds. The molecule has 0 radical (unpaired) electrons. The standard InChI is InChI=1S/C9H9FO5S/c1-15-5-16(13,14)6-2-3-8(10)7(4-6)9(11)12/h2-4H,5H2,1H3,(H,11,12). The Morgan fingerprint density at radius 3 is 2.62 bits per heavy atom. The second-order valence-corrected chi connectivity index (χ2v) is 4.90. The van der Waals surface area contributed by atoms with E-state index < -0.39 is 33.1 Å². The first-order valence-electron chi connectivity index (χ1n) is 4.13. The normalized spacial score (nSPS) is 11.4. The summed E-state index contributed by atoms with van der Waals surface area (Å²) < 4.78 is 40.4. The molecule has 0 saturated heterocycles. The van der Waals surface area contributed by atoms with Crippen molar-refractivity contribution in [1.29, 1.82) is 0 Å². The van der Waals surface area contributed by atoms with E-state index in [2.05, 4.69) is 4.74 Å². The molecule has 16 heavy (non-hydrogen) atoms. The minimum absolute atomic E-state index is 0.284. The molecule has 0 unspecified atom stereocenters. The van der Waals surface area contributed by atoms with Crippen LogP contribution in [-0.2, 0) is 14.6 Å². The smallest absolute Gasteiger partial charge is 0.338 e. The van der Waals surface area contributed by atoms with E-state index >= 15 is 0 Å². The van der Waals surface area contributed by atoms with Gasteiger partial charge in [0.25, 0.3) is 0 Å². The predicted octanol–water partition coefficient (Wildman–Crippen LogP) is 0.902. The van der Waals surface area contributed by atoms with Crippen LogP contribution in [0.5, 0.6) is 0 Å². The maximum absolute atomic E-state index is 13.0. The minimum atomic E-state index is -3.74. The van der Waals surface area contributed by atoms with Gasteiger partial charge in [-0.05, 0) is 18.2 Å². The van der Waals surface area contributed by atoms with Crippen molar-refractivity contribution in [2.75, 3.05) is 13.0 Å². The molecule has 0 fully saturated rings. The molecule has 0 heterocycles. The number of rotatable bonds is 4. The van der Waals surface area contributed by atoms with Crippen molar-refractivity contribution in [3.8, 4) is 0 Å². The Morgan fingerprint density at radius 1 is 1.50 bits per heavy atom. The van der Waals surface area contributed by atoms with Gasteiger partial charge >= 0.3 is 5.97 Å². The largest absolute Gasteiger partial charge is 0.478 e. The molecule has 1 aromatic rings. The van der Waals surface area contributed by atoms with Crippen LogP contribution < -0.4 is 0 Å². The van der Waals surface area contributed by atoms with Crippen molar-refractivity contribution in [3.63, 3.8) is 0 Å². The van der Waals surface area contributed by atoms with Crippen molar-refractivity contribution in [2.24, 2.45) is 0 Å². The molecule has 7 heteroatoms. The van der Waals surface area contributed by atoms with E-state index in [1.165, 1.54) is 7.11 Å². The van der Waals surface area contributed by atoms with Crippen LogP contribution in [0.25, 0.3) is 0 Å². The third kappa shape index (κ3) is 2.56. The third-order valence-electron chi connectivity index (χ3n) is 1.80. The molecule has 0 aromatic heterocycles. The Bertz CT molecular complexity index is 509. The number of halogens is 1. The van der Waals surface area contributed by atoms with Crippen LogP contribution in [0.4, 0.5) is 4.39 Å². The molecular formula is C9H9FO5S. The monoisotopic (exact) mass is 248 g/mol. The number of carbonyl (C=O) groups is 1. The Hall–Kier alpha value is -1.47. The van der Waals surface area contributed by atoms with E-state index in [1.54, 1.807) is 0 Å². The molecular weight excluding hydrogens is 239 g/mol. The van der Waals surface area contributed by atoms with Gasteiger partial charge in [0, 0.05) is 7.11 Å². The molecule has 5 nitrogen and oxygen atoms in total. The zero-order chi connectivity index (χ0) is 12.3. The van der Waals surface area contributed by atoms with E-state index in [1.807, 2.05) is 0 Å². The molecule has 1 aromatic carbocycles. The van der Waals surface area contributed by atoms with Crippen LogP contribution in [0.3, 0.4) is 0 Å². The van der Waals surface area contributed by atoms with Crippen LogP contribution in [0.15, 0.2) is 23.1 Å². The molecule has 0 bridgehead atoms. The van der Waals surface area contributed by atoms with Crippen molar-refractivity contribution in [3.05, 3.63) is 29.6 Å². The van der Waals surface area contributed by atoms with Crippen LogP contribution >= 0.6 is 0 Å². The zero-order valence-electron chi connectivity index (χ0n) is 8.31. The summed E-state index contributed by atoms with van der Waals surface area (Å²) in [6.45, 7) is 0. The van der Waals surface area contributed by atoms with Crippen LogP contribution in [0.1, 0.15) is 10.4 Å². The quantitative estimate of drug-likeness (QED) is 0.801. The first-order chi connectivity index (χ1) is 7.38. The highest BCUT2D eigenvalue weighted by molar-refractivity contribution is 7.91. The highest BCUT2D eigenvalue weighted by Crippen LogP contribution is 2.16. The number of methoxy groups -OCH3 is 1. The fraction of sp³-hybridized carbons (Fsp3) is 0.222. The fourth-order valence-corrected chi connectivity index (χ4v) is 2.10. The number of ether oxygens (including phenoxy) is 1. The van der Waals surface area contributed by atoms with Gasteiger partial charge in [0.1, 0.15) is 5.82 Å². The lowest BCUT2D eigenvalue weighted by Gasteiger charge is -2.04. The van der Waals surface area contributed by atoms with Crippen molar-refractivity contribution in [1.82, 2.24) is 0 Å². The van der Waals surface area contributed by atoms with Crippen LogP contribution in [-0.4, -0.2) is 32.5 Å². The Balaban J connectivity index is 3.28. The lowest BCUT2D eigenvalue weighted by atomic mass is 10.2. The molecule has 88 valence electrons. The average molecular weight is 248 g/mol. The number of carboxylic acid groups (broad SMARTS) is 1. The molecule has 0 spiro atoms. The van der Waals surface area contributed by atoms with Gasteiger partial charge in [-0.1, -0.05) is 0 Å². The number of aromatic carboxylic acids is 1. The van der Waals surface area contributed by atoms with Gasteiger partial charge < -0.3 is 9.84 Å². The number of carboxylic acids is 1. The van der Waals surface area contributed by atoms with Gasteiger partial charge in [0.05, 0.1) is 10.5 Å². The first-order valence-corrected chi connectivity index (χ1v) is 5.78.